The van der Waals surface area contributed by atoms with Crippen LogP contribution in [0.2, 0.25) is 0 Å². The zero-order chi connectivity index (χ0) is 20.0. The number of halogens is 3. The van der Waals surface area contributed by atoms with E-state index in [1.54, 1.807) is 6.07 Å². The van der Waals surface area contributed by atoms with Crippen LogP contribution in [0.1, 0.15) is 21.5 Å². The Kier molecular flexibility index (Phi) is 6.81. The molecule has 2 rings (SSSR count). The fourth-order valence-electron chi connectivity index (χ4n) is 2.33. The smallest absolute Gasteiger partial charge is 0.258 e. The number of amides is 2. The maximum atomic E-state index is 13.5. The molecule has 5 nitrogen and oxygen atoms in total. The molecule has 2 aromatic rings. The highest BCUT2D eigenvalue weighted by Gasteiger charge is 2.18. The molecule has 0 fully saturated rings. The number of aryl methyl sites for hydroxylation is 2. The topological polar surface area (TPSA) is 67.4 Å². The van der Waals surface area contributed by atoms with Crippen molar-refractivity contribution in [2.75, 3.05) is 19.7 Å². The minimum Gasteiger partial charge on any atom is -0.484 e. The van der Waals surface area contributed by atoms with Crippen molar-refractivity contribution >= 4 is 11.8 Å². The van der Waals surface area contributed by atoms with Crippen molar-refractivity contribution in [2.24, 2.45) is 0 Å². The van der Waals surface area contributed by atoms with Gasteiger partial charge < -0.3 is 15.4 Å². The van der Waals surface area contributed by atoms with Crippen LogP contribution in [0.5, 0.6) is 5.75 Å². The number of benzene rings is 2. The molecule has 0 unspecified atom stereocenters. The van der Waals surface area contributed by atoms with Crippen LogP contribution in [0, 0.1) is 31.3 Å². The van der Waals surface area contributed by atoms with Gasteiger partial charge in [0.05, 0.1) is 5.56 Å². The van der Waals surface area contributed by atoms with Gasteiger partial charge in [0, 0.05) is 13.1 Å². The summed E-state index contributed by atoms with van der Waals surface area (Å²) in [5.41, 5.74) is 1.37. The summed E-state index contributed by atoms with van der Waals surface area (Å²) in [5, 5.41) is 4.83. The second-order valence-corrected chi connectivity index (χ2v) is 5.89. The number of rotatable bonds is 7. The average molecular weight is 380 g/mol. The monoisotopic (exact) mass is 380 g/mol. The Labute approximate surface area is 154 Å². The largest absolute Gasteiger partial charge is 0.484 e. The third-order valence-electron chi connectivity index (χ3n) is 3.70. The number of carbonyl (C=O) groups excluding carboxylic acids is 2. The number of carbonyl (C=O) groups is 2. The van der Waals surface area contributed by atoms with E-state index in [-0.39, 0.29) is 19.7 Å². The Balaban J connectivity index is 1.74. The predicted molar refractivity (Wildman–Crippen MR) is 93.1 cm³/mol. The lowest BCUT2D eigenvalue weighted by Gasteiger charge is -2.11. The lowest BCUT2D eigenvalue weighted by molar-refractivity contribution is -0.123. The highest BCUT2D eigenvalue weighted by atomic mass is 19.2. The van der Waals surface area contributed by atoms with E-state index in [1.165, 1.54) is 0 Å². The van der Waals surface area contributed by atoms with Crippen LogP contribution in [0.4, 0.5) is 13.2 Å². The maximum Gasteiger partial charge on any atom is 0.258 e. The fraction of sp³-hybridized carbons (Fsp3) is 0.263. The first-order valence-corrected chi connectivity index (χ1v) is 8.18. The van der Waals surface area contributed by atoms with E-state index in [0.29, 0.717) is 11.8 Å². The molecule has 0 bridgehead atoms. The quantitative estimate of drug-likeness (QED) is 0.573. The van der Waals surface area contributed by atoms with Crippen molar-refractivity contribution in [3.8, 4) is 5.75 Å². The normalized spacial score (nSPS) is 10.4. The summed E-state index contributed by atoms with van der Waals surface area (Å²) in [6.07, 6.45) is 0. The van der Waals surface area contributed by atoms with Crippen molar-refractivity contribution in [3.05, 3.63) is 64.5 Å². The zero-order valence-corrected chi connectivity index (χ0v) is 14.9. The van der Waals surface area contributed by atoms with E-state index in [1.807, 2.05) is 26.0 Å². The van der Waals surface area contributed by atoms with Gasteiger partial charge in [-0.3, -0.25) is 9.59 Å². The Bertz CT molecular complexity index is 856. The first kappa shape index (κ1) is 20.3. The van der Waals surface area contributed by atoms with Gasteiger partial charge in [-0.15, -0.1) is 0 Å². The highest BCUT2D eigenvalue weighted by Crippen LogP contribution is 2.18. The summed E-state index contributed by atoms with van der Waals surface area (Å²) in [6.45, 7) is 3.66. The first-order valence-electron chi connectivity index (χ1n) is 8.18. The molecule has 0 aliphatic heterocycles. The van der Waals surface area contributed by atoms with E-state index in [9.17, 15) is 22.8 Å². The fourth-order valence-corrected chi connectivity index (χ4v) is 2.33. The molecule has 0 aliphatic rings. The van der Waals surface area contributed by atoms with Crippen LogP contribution >= 0.6 is 0 Å². The summed E-state index contributed by atoms with van der Waals surface area (Å²) in [6, 6.07) is 7.08. The van der Waals surface area contributed by atoms with Crippen molar-refractivity contribution in [3.63, 3.8) is 0 Å². The van der Waals surface area contributed by atoms with Gasteiger partial charge in [-0.25, -0.2) is 13.2 Å². The standard InChI is InChI=1S/C19H19F3N2O3/c1-11-3-6-15(12(2)9-11)27-10-16(25)23-7-8-24-19(26)13-4-5-14(20)18(22)17(13)21/h3-6,9H,7-8,10H2,1-2H3,(H,23,25)(H,24,26). The van der Waals surface area contributed by atoms with Crippen molar-refractivity contribution in [1.29, 1.82) is 0 Å². The lowest BCUT2D eigenvalue weighted by Crippen LogP contribution is -2.37. The molecule has 0 heterocycles. The van der Waals surface area contributed by atoms with Crippen LogP contribution in [-0.2, 0) is 4.79 Å². The molecule has 0 atom stereocenters. The van der Waals surface area contributed by atoms with Gasteiger partial charge in [0.15, 0.2) is 24.1 Å². The molecule has 0 saturated heterocycles. The summed E-state index contributed by atoms with van der Waals surface area (Å²) in [7, 11) is 0. The van der Waals surface area contributed by atoms with Crippen LogP contribution in [-0.4, -0.2) is 31.5 Å². The Morgan fingerprint density at radius 3 is 2.37 bits per heavy atom. The molecule has 0 saturated carbocycles. The van der Waals surface area contributed by atoms with E-state index < -0.39 is 34.8 Å². The van der Waals surface area contributed by atoms with E-state index in [4.69, 9.17) is 4.74 Å². The number of hydrogen-bond donors (Lipinski definition) is 2. The number of ether oxygens (including phenoxy) is 1. The Morgan fingerprint density at radius 1 is 0.963 bits per heavy atom. The second kappa shape index (κ2) is 9.07. The number of hydrogen-bond acceptors (Lipinski definition) is 3. The van der Waals surface area contributed by atoms with Crippen molar-refractivity contribution < 1.29 is 27.5 Å². The van der Waals surface area contributed by atoms with E-state index in [2.05, 4.69) is 10.6 Å². The van der Waals surface area contributed by atoms with Crippen molar-refractivity contribution in [2.45, 2.75) is 13.8 Å². The lowest BCUT2D eigenvalue weighted by atomic mass is 10.1. The van der Waals surface area contributed by atoms with Crippen LogP contribution < -0.4 is 15.4 Å². The molecule has 2 N–H and O–H groups in total. The third-order valence-corrected chi connectivity index (χ3v) is 3.70. The molecule has 0 spiro atoms. The highest BCUT2D eigenvalue weighted by molar-refractivity contribution is 5.94. The average Bonchev–Trinajstić information content (AvgIpc) is 2.62. The van der Waals surface area contributed by atoms with E-state index >= 15 is 0 Å². The summed E-state index contributed by atoms with van der Waals surface area (Å²) >= 11 is 0. The third kappa shape index (κ3) is 5.47. The molecular formula is C19H19F3N2O3. The zero-order valence-electron chi connectivity index (χ0n) is 14.9. The minimum atomic E-state index is -1.71. The van der Waals surface area contributed by atoms with Gasteiger partial charge in [-0.1, -0.05) is 17.7 Å². The maximum absolute atomic E-state index is 13.5. The van der Waals surface area contributed by atoms with Gasteiger partial charge >= 0.3 is 0 Å². The van der Waals surface area contributed by atoms with E-state index in [0.717, 1.165) is 17.2 Å². The summed E-state index contributed by atoms with van der Waals surface area (Å²) in [4.78, 5) is 23.5. The molecule has 0 radical (unpaired) electrons. The molecule has 144 valence electrons. The van der Waals surface area contributed by atoms with Gasteiger partial charge in [-0.2, -0.15) is 0 Å². The molecule has 2 aromatic carbocycles. The first-order chi connectivity index (χ1) is 12.8. The Hall–Kier alpha value is -3.03. The SMILES string of the molecule is Cc1ccc(OCC(=O)NCCNC(=O)c2ccc(F)c(F)c2F)c(C)c1. The number of nitrogens with one attached hydrogen (secondary N) is 2. The molecular weight excluding hydrogens is 361 g/mol. The molecule has 8 heteroatoms. The van der Waals surface area contributed by atoms with Crippen LogP contribution in [0.15, 0.2) is 30.3 Å². The molecule has 0 aliphatic carbocycles. The molecule has 0 aromatic heterocycles. The van der Waals surface area contributed by atoms with Crippen LogP contribution in [0.3, 0.4) is 0 Å². The van der Waals surface area contributed by atoms with Gasteiger partial charge in [0.25, 0.3) is 11.8 Å². The van der Waals surface area contributed by atoms with Crippen LogP contribution in [0.25, 0.3) is 0 Å². The Morgan fingerprint density at radius 2 is 1.67 bits per heavy atom. The molecule has 2 amide bonds. The molecule has 27 heavy (non-hydrogen) atoms. The van der Waals surface area contributed by atoms with Gasteiger partial charge in [0.1, 0.15) is 5.75 Å². The summed E-state index contributed by atoms with van der Waals surface area (Å²) in [5.74, 6) is -5.36. The predicted octanol–water partition coefficient (Wildman–Crippen LogP) is 2.65. The second-order valence-electron chi connectivity index (χ2n) is 5.89. The van der Waals surface area contributed by atoms with Gasteiger partial charge in [-0.05, 0) is 37.6 Å². The summed E-state index contributed by atoms with van der Waals surface area (Å²) < 4.78 is 44.9. The minimum absolute atomic E-state index is 0.0213. The van der Waals surface area contributed by atoms with Crippen molar-refractivity contribution in [1.82, 2.24) is 10.6 Å². The van der Waals surface area contributed by atoms with Gasteiger partial charge in [0.2, 0.25) is 0 Å².